The van der Waals surface area contributed by atoms with Crippen molar-refractivity contribution in [2.45, 2.75) is 25.4 Å². The number of para-hydroxylation sites is 1. The fraction of sp³-hybridized carbons (Fsp3) is 0.190. The van der Waals surface area contributed by atoms with Crippen LogP contribution in [0.25, 0.3) is 11.1 Å². The summed E-state index contributed by atoms with van der Waals surface area (Å²) in [7, 11) is 0. The predicted molar refractivity (Wildman–Crippen MR) is 107 cm³/mol. The molecule has 1 aliphatic rings. The standard InChI is InChI=1S/C21H17N3O3S/c25-20(16-3-1-2-4-18(16)26-10-15-11-28-12-22-15)23-14-7-8-19-17(9-14)24-21(27-19)13-5-6-13/h1-4,7-9,11-13H,5-6,10H2,(H,23,25). The molecule has 7 heteroatoms. The molecule has 0 aliphatic heterocycles. The Morgan fingerprint density at radius 2 is 2.14 bits per heavy atom. The van der Waals surface area contributed by atoms with Crippen molar-refractivity contribution >= 4 is 34.0 Å². The van der Waals surface area contributed by atoms with E-state index in [1.165, 1.54) is 11.3 Å². The van der Waals surface area contributed by atoms with Crippen molar-refractivity contribution in [3.05, 3.63) is 70.5 Å². The SMILES string of the molecule is O=C(Nc1ccc2oc(C3CC3)nc2c1)c1ccccc1OCc1cscn1. The topological polar surface area (TPSA) is 77.2 Å². The Morgan fingerprint density at radius 3 is 2.96 bits per heavy atom. The summed E-state index contributed by atoms with van der Waals surface area (Å²) in [6.07, 6.45) is 2.27. The molecule has 0 radical (unpaired) electrons. The average molecular weight is 391 g/mol. The van der Waals surface area contributed by atoms with Gasteiger partial charge >= 0.3 is 0 Å². The molecule has 140 valence electrons. The molecule has 28 heavy (non-hydrogen) atoms. The average Bonchev–Trinajstić information content (AvgIpc) is 3.26. The Hall–Kier alpha value is -3.19. The van der Waals surface area contributed by atoms with Crippen LogP contribution in [0.4, 0.5) is 5.69 Å². The molecule has 6 nitrogen and oxygen atoms in total. The smallest absolute Gasteiger partial charge is 0.259 e. The second kappa shape index (κ2) is 7.09. The Balaban J connectivity index is 1.34. The fourth-order valence-corrected chi connectivity index (χ4v) is 3.51. The van der Waals surface area contributed by atoms with Crippen LogP contribution in [0.2, 0.25) is 0 Å². The Bertz CT molecular complexity index is 1130. The lowest BCUT2D eigenvalue weighted by Gasteiger charge is -2.11. The summed E-state index contributed by atoms with van der Waals surface area (Å²) in [4.78, 5) is 21.5. The van der Waals surface area contributed by atoms with Crippen molar-refractivity contribution in [1.82, 2.24) is 9.97 Å². The maximum Gasteiger partial charge on any atom is 0.259 e. The van der Waals surface area contributed by atoms with Crippen LogP contribution in [0.3, 0.4) is 0 Å². The van der Waals surface area contributed by atoms with Gasteiger partial charge in [0.15, 0.2) is 11.5 Å². The summed E-state index contributed by atoms with van der Waals surface area (Å²) in [5.41, 5.74) is 5.23. The Labute approximate surface area is 165 Å². The van der Waals surface area contributed by atoms with Gasteiger partial charge in [-0.1, -0.05) is 12.1 Å². The van der Waals surface area contributed by atoms with E-state index in [0.29, 0.717) is 29.5 Å². The zero-order valence-corrected chi connectivity index (χ0v) is 15.7. The number of aromatic nitrogens is 2. The number of nitrogens with one attached hydrogen (secondary N) is 1. The van der Waals surface area contributed by atoms with Crippen molar-refractivity contribution < 1.29 is 13.9 Å². The molecule has 0 unspecified atom stereocenters. The number of ether oxygens (including phenoxy) is 1. The predicted octanol–water partition coefficient (Wildman–Crippen LogP) is 4.99. The summed E-state index contributed by atoms with van der Waals surface area (Å²) in [5.74, 6) is 1.53. The summed E-state index contributed by atoms with van der Waals surface area (Å²) in [5, 5.41) is 4.85. The molecule has 0 atom stereocenters. The van der Waals surface area contributed by atoms with Crippen LogP contribution in [-0.4, -0.2) is 15.9 Å². The van der Waals surface area contributed by atoms with Gasteiger partial charge in [-0.3, -0.25) is 4.79 Å². The number of nitrogens with zero attached hydrogens (tertiary/aromatic N) is 2. The number of hydrogen-bond donors (Lipinski definition) is 1. The first kappa shape index (κ1) is 16.9. The zero-order chi connectivity index (χ0) is 18.9. The first-order valence-electron chi connectivity index (χ1n) is 9.07. The minimum Gasteiger partial charge on any atom is -0.486 e. The fourth-order valence-electron chi connectivity index (χ4n) is 2.97. The number of carbonyl (C=O) groups is 1. The van der Waals surface area contributed by atoms with E-state index in [1.54, 1.807) is 17.6 Å². The van der Waals surface area contributed by atoms with Crippen molar-refractivity contribution in [2.24, 2.45) is 0 Å². The number of fused-ring (bicyclic) bond motifs is 1. The highest BCUT2D eigenvalue weighted by atomic mass is 32.1. The summed E-state index contributed by atoms with van der Waals surface area (Å²) in [6, 6.07) is 12.7. The summed E-state index contributed by atoms with van der Waals surface area (Å²) < 4.78 is 11.6. The monoisotopic (exact) mass is 391 g/mol. The Morgan fingerprint density at radius 1 is 1.25 bits per heavy atom. The molecule has 2 heterocycles. The third-order valence-corrected chi connectivity index (χ3v) is 5.21. The van der Waals surface area contributed by atoms with E-state index in [-0.39, 0.29) is 5.91 Å². The molecular weight excluding hydrogens is 374 g/mol. The van der Waals surface area contributed by atoms with Crippen LogP contribution in [-0.2, 0) is 6.61 Å². The van der Waals surface area contributed by atoms with E-state index in [0.717, 1.165) is 35.5 Å². The van der Waals surface area contributed by atoms with Gasteiger partial charge in [-0.2, -0.15) is 0 Å². The molecule has 1 fully saturated rings. The van der Waals surface area contributed by atoms with Crippen LogP contribution in [0.1, 0.15) is 40.7 Å². The number of carbonyl (C=O) groups excluding carboxylic acids is 1. The van der Waals surface area contributed by atoms with Crippen LogP contribution in [0.15, 0.2) is 57.8 Å². The first-order valence-corrected chi connectivity index (χ1v) is 10.0. The van der Waals surface area contributed by atoms with E-state index >= 15 is 0 Å². The highest BCUT2D eigenvalue weighted by Gasteiger charge is 2.28. The molecule has 0 saturated heterocycles. The van der Waals surface area contributed by atoms with E-state index in [9.17, 15) is 4.79 Å². The van der Waals surface area contributed by atoms with Gasteiger partial charge in [-0.05, 0) is 43.2 Å². The number of hydrogen-bond acceptors (Lipinski definition) is 6. The number of rotatable bonds is 6. The molecule has 2 aromatic carbocycles. The van der Waals surface area contributed by atoms with Gasteiger partial charge in [-0.15, -0.1) is 11.3 Å². The third-order valence-electron chi connectivity index (χ3n) is 4.58. The number of benzene rings is 2. The van der Waals surface area contributed by atoms with Crippen molar-refractivity contribution in [3.63, 3.8) is 0 Å². The number of thiazole rings is 1. The molecule has 4 aromatic rings. The molecule has 2 aromatic heterocycles. The van der Waals surface area contributed by atoms with Gasteiger partial charge in [0, 0.05) is 17.0 Å². The van der Waals surface area contributed by atoms with Gasteiger partial charge in [0.1, 0.15) is 17.9 Å². The maximum atomic E-state index is 12.8. The number of oxazole rings is 1. The van der Waals surface area contributed by atoms with E-state index in [1.807, 2.05) is 35.7 Å². The van der Waals surface area contributed by atoms with E-state index < -0.39 is 0 Å². The van der Waals surface area contributed by atoms with Gasteiger partial charge in [0.05, 0.1) is 16.8 Å². The van der Waals surface area contributed by atoms with Crippen LogP contribution < -0.4 is 10.1 Å². The zero-order valence-electron chi connectivity index (χ0n) is 14.9. The minimum absolute atomic E-state index is 0.237. The molecule has 1 amide bonds. The van der Waals surface area contributed by atoms with Crippen molar-refractivity contribution in [3.8, 4) is 5.75 Å². The van der Waals surface area contributed by atoms with Crippen LogP contribution in [0.5, 0.6) is 5.75 Å². The van der Waals surface area contributed by atoms with Crippen LogP contribution in [0, 0.1) is 0 Å². The normalized spacial score (nSPS) is 13.6. The largest absolute Gasteiger partial charge is 0.486 e. The molecular formula is C21H17N3O3S. The van der Waals surface area contributed by atoms with Gasteiger partial charge in [0.2, 0.25) is 0 Å². The summed E-state index contributed by atoms with van der Waals surface area (Å²) in [6.45, 7) is 0.322. The number of anilines is 1. The molecule has 1 saturated carbocycles. The van der Waals surface area contributed by atoms with E-state index in [4.69, 9.17) is 9.15 Å². The maximum absolute atomic E-state index is 12.8. The van der Waals surface area contributed by atoms with Gasteiger partial charge in [0.25, 0.3) is 5.91 Å². The summed E-state index contributed by atoms with van der Waals surface area (Å²) >= 11 is 1.51. The lowest BCUT2D eigenvalue weighted by Crippen LogP contribution is -2.13. The molecule has 1 N–H and O–H groups in total. The lowest BCUT2D eigenvalue weighted by atomic mass is 10.2. The molecule has 0 bridgehead atoms. The first-order chi connectivity index (χ1) is 13.8. The Kier molecular flexibility index (Phi) is 4.29. The van der Waals surface area contributed by atoms with E-state index in [2.05, 4.69) is 15.3 Å². The second-order valence-electron chi connectivity index (χ2n) is 6.73. The molecule has 1 aliphatic carbocycles. The van der Waals surface area contributed by atoms with Crippen LogP contribution >= 0.6 is 11.3 Å². The minimum atomic E-state index is -0.237. The van der Waals surface area contributed by atoms with Crippen molar-refractivity contribution in [2.75, 3.05) is 5.32 Å². The second-order valence-corrected chi connectivity index (χ2v) is 7.45. The number of amides is 1. The molecule has 0 spiro atoms. The van der Waals surface area contributed by atoms with Crippen molar-refractivity contribution in [1.29, 1.82) is 0 Å². The van der Waals surface area contributed by atoms with Gasteiger partial charge < -0.3 is 14.5 Å². The lowest BCUT2D eigenvalue weighted by molar-refractivity contribution is 0.102. The quantitative estimate of drug-likeness (QED) is 0.501. The third kappa shape index (κ3) is 3.48. The highest BCUT2D eigenvalue weighted by molar-refractivity contribution is 7.07. The highest BCUT2D eigenvalue weighted by Crippen LogP contribution is 2.40. The molecule has 5 rings (SSSR count). The van der Waals surface area contributed by atoms with Gasteiger partial charge in [-0.25, -0.2) is 9.97 Å².